The Hall–Kier alpha value is -1.19. The normalized spacial score (nSPS) is 22.9. The second kappa shape index (κ2) is 8.18. The minimum Gasteiger partial charge on any atom is -0.382 e. The molecule has 0 radical (unpaired) electrons. The Kier molecular flexibility index (Phi) is 6.22. The van der Waals surface area contributed by atoms with Crippen molar-refractivity contribution in [3.8, 4) is 0 Å². The molecule has 1 saturated carbocycles. The lowest BCUT2D eigenvalue weighted by molar-refractivity contribution is -0.125. The second-order valence-corrected chi connectivity index (χ2v) is 5.44. The molecule has 2 unspecified atom stereocenters. The number of rotatable bonds is 7. The van der Waals surface area contributed by atoms with Crippen molar-refractivity contribution >= 4 is 5.78 Å². The van der Waals surface area contributed by atoms with Crippen LogP contribution in [0.3, 0.4) is 0 Å². The summed E-state index contributed by atoms with van der Waals surface area (Å²) in [6.45, 7) is 1.88. The van der Waals surface area contributed by atoms with E-state index in [0.29, 0.717) is 37.9 Å². The lowest BCUT2D eigenvalue weighted by Crippen LogP contribution is -2.25. The Balaban J connectivity index is 1.81. The third kappa shape index (κ3) is 4.43. The molecule has 3 heteroatoms. The van der Waals surface area contributed by atoms with Crippen LogP contribution in [0.4, 0.5) is 0 Å². The first-order valence-electron chi connectivity index (χ1n) is 7.45. The molecule has 1 fully saturated rings. The highest BCUT2D eigenvalue weighted by molar-refractivity contribution is 5.82. The van der Waals surface area contributed by atoms with Gasteiger partial charge in [-0.2, -0.15) is 0 Å². The Morgan fingerprint density at radius 3 is 2.70 bits per heavy atom. The van der Waals surface area contributed by atoms with Gasteiger partial charge in [0.1, 0.15) is 5.78 Å². The molecule has 0 bridgehead atoms. The molecule has 1 aliphatic rings. The number of hydrogen-bond donors (Lipinski definition) is 0. The fourth-order valence-corrected chi connectivity index (χ4v) is 2.89. The maximum Gasteiger partial charge on any atom is 0.136 e. The predicted molar refractivity (Wildman–Crippen MR) is 78.8 cm³/mol. The fraction of sp³-hybridized carbons (Fsp3) is 0.588. The summed E-state index contributed by atoms with van der Waals surface area (Å²) in [6, 6.07) is 10.5. The molecule has 0 spiro atoms. The van der Waals surface area contributed by atoms with E-state index in [9.17, 15) is 4.79 Å². The van der Waals surface area contributed by atoms with Crippen molar-refractivity contribution < 1.29 is 14.3 Å². The van der Waals surface area contributed by atoms with E-state index >= 15 is 0 Å². The molecule has 0 heterocycles. The monoisotopic (exact) mass is 276 g/mol. The van der Waals surface area contributed by atoms with Crippen molar-refractivity contribution in [3.63, 3.8) is 0 Å². The summed E-state index contributed by atoms with van der Waals surface area (Å²) < 4.78 is 10.4. The molecule has 2 rings (SSSR count). The van der Waals surface area contributed by atoms with Gasteiger partial charge in [-0.25, -0.2) is 0 Å². The van der Waals surface area contributed by atoms with Gasteiger partial charge in [0.25, 0.3) is 0 Å². The van der Waals surface area contributed by atoms with Gasteiger partial charge < -0.3 is 9.47 Å². The minimum absolute atomic E-state index is 0.163. The van der Waals surface area contributed by atoms with Gasteiger partial charge in [0.15, 0.2) is 0 Å². The summed E-state index contributed by atoms with van der Waals surface area (Å²) >= 11 is 0. The summed E-state index contributed by atoms with van der Waals surface area (Å²) in [5.74, 6) is 1.10. The molecule has 0 amide bonds. The Morgan fingerprint density at radius 1 is 1.15 bits per heavy atom. The lowest BCUT2D eigenvalue weighted by Gasteiger charge is -2.28. The van der Waals surface area contributed by atoms with Crippen LogP contribution in [0.2, 0.25) is 0 Å². The Bertz CT molecular complexity index is 402. The maximum absolute atomic E-state index is 12.0. The number of methoxy groups -OCH3 is 1. The van der Waals surface area contributed by atoms with E-state index in [2.05, 4.69) is 24.3 Å². The third-order valence-corrected chi connectivity index (χ3v) is 4.08. The van der Waals surface area contributed by atoms with E-state index in [1.165, 1.54) is 5.56 Å². The highest BCUT2D eigenvalue weighted by atomic mass is 16.5. The lowest BCUT2D eigenvalue weighted by atomic mass is 9.76. The number of Topliss-reactive ketones (excluding diaryl/α,β-unsaturated/α-hetero) is 1. The highest BCUT2D eigenvalue weighted by Crippen LogP contribution is 2.35. The van der Waals surface area contributed by atoms with Gasteiger partial charge in [-0.1, -0.05) is 30.3 Å². The topological polar surface area (TPSA) is 35.5 Å². The van der Waals surface area contributed by atoms with Crippen LogP contribution >= 0.6 is 0 Å². The summed E-state index contributed by atoms with van der Waals surface area (Å²) in [6.07, 6.45) is 3.51. The zero-order chi connectivity index (χ0) is 14.2. The van der Waals surface area contributed by atoms with Crippen molar-refractivity contribution in [1.82, 2.24) is 0 Å². The Labute approximate surface area is 121 Å². The van der Waals surface area contributed by atoms with E-state index in [0.717, 1.165) is 19.3 Å². The molecule has 0 aliphatic heterocycles. The number of carbonyl (C=O) groups is 1. The van der Waals surface area contributed by atoms with Crippen LogP contribution in [0.15, 0.2) is 30.3 Å². The number of ether oxygens (including phenoxy) is 2. The SMILES string of the molecule is COCCOCCC1CC(c2ccccc2)CCC1=O. The van der Waals surface area contributed by atoms with Crippen LogP contribution in [0, 0.1) is 5.92 Å². The molecule has 0 N–H and O–H groups in total. The third-order valence-electron chi connectivity index (χ3n) is 4.08. The quantitative estimate of drug-likeness (QED) is 0.717. The van der Waals surface area contributed by atoms with Gasteiger partial charge >= 0.3 is 0 Å². The molecule has 2 atom stereocenters. The van der Waals surface area contributed by atoms with Crippen LogP contribution < -0.4 is 0 Å². The molecular formula is C17H24O3. The van der Waals surface area contributed by atoms with Crippen molar-refractivity contribution in [2.24, 2.45) is 5.92 Å². The summed E-state index contributed by atoms with van der Waals surface area (Å²) in [7, 11) is 1.67. The fourth-order valence-electron chi connectivity index (χ4n) is 2.89. The van der Waals surface area contributed by atoms with Gasteiger partial charge in [-0.05, 0) is 30.7 Å². The van der Waals surface area contributed by atoms with Gasteiger partial charge in [0, 0.05) is 26.1 Å². The van der Waals surface area contributed by atoms with E-state index in [1.807, 2.05) is 6.07 Å². The van der Waals surface area contributed by atoms with Gasteiger partial charge in [0.2, 0.25) is 0 Å². The molecule has 1 aliphatic carbocycles. The molecule has 1 aromatic carbocycles. The molecule has 1 aromatic rings. The molecule has 20 heavy (non-hydrogen) atoms. The smallest absolute Gasteiger partial charge is 0.136 e. The van der Waals surface area contributed by atoms with Gasteiger partial charge in [-0.3, -0.25) is 4.79 Å². The summed E-state index contributed by atoms with van der Waals surface area (Å²) in [5.41, 5.74) is 1.37. The molecule has 110 valence electrons. The molecule has 0 saturated heterocycles. The van der Waals surface area contributed by atoms with Crippen LogP contribution in [0.5, 0.6) is 0 Å². The second-order valence-electron chi connectivity index (χ2n) is 5.44. The predicted octanol–water partition coefficient (Wildman–Crippen LogP) is 3.19. The first-order valence-corrected chi connectivity index (χ1v) is 7.45. The first-order chi connectivity index (χ1) is 9.81. The van der Waals surface area contributed by atoms with E-state index < -0.39 is 0 Å². The molecule has 0 aromatic heterocycles. The molecule has 3 nitrogen and oxygen atoms in total. The largest absolute Gasteiger partial charge is 0.382 e. The average Bonchev–Trinajstić information content (AvgIpc) is 2.49. The van der Waals surface area contributed by atoms with E-state index in [1.54, 1.807) is 7.11 Å². The molecular weight excluding hydrogens is 252 g/mol. The first kappa shape index (κ1) is 15.2. The number of carbonyl (C=O) groups excluding carboxylic acids is 1. The zero-order valence-corrected chi connectivity index (χ0v) is 12.2. The maximum atomic E-state index is 12.0. The summed E-state index contributed by atoms with van der Waals surface area (Å²) in [5, 5.41) is 0. The number of hydrogen-bond acceptors (Lipinski definition) is 3. The van der Waals surface area contributed by atoms with Crippen molar-refractivity contribution in [2.75, 3.05) is 26.9 Å². The van der Waals surface area contributed by atoms with Crippen molar-refractivity contribution in [2.45, 2.75) is 31.6 Å². The van der Waals surface area contributed by atoms with Gasteiger partial charge in [0.05, 0.1) is 13.2 Å². The number of ketones is 1. The minimum atomic E-state index is 0.163. The standard InChI is InChI=1S/C17H24O3/c1-19-11-12-20-10-9-16-13-15(7-8-17(16)18)14-5-3-2-4-6-14/h2-6,15-16H,7-13H2,1H3. The van der Waals surface area contributed by atoms with Crippen LogP contribution in [0.25, 0.3) is 0 Å². The summed E-state index contributed by atoms with van der Waals surface area (Å²) in [4.78, 5) is 12.0. The van der Waals surface area contributed by atoms with Crippen LogP contribution in [-0.4, -0.2) is 32.7 Å². The van der Waals surface area contributed by atoms with E-state index in [-0.39, 0.29) is 5.92 Å². The van der Waals surface area contributed by atoms with Gasteiger partial charge in [-0.15, -0.1) is 0 Å². The highest BCUT2D eigenvalue weighted by Gasteiger charge is 2.29. The van der Waals surface area contributed by atoms with Crippen LogP contribution in [0.1, 0.15) is 37.2 Å². The average molecular weight is 276 g/mol. The van der Waals surface area contributed by atoms with Crippen LogP contribution in [-0.2, 0) is 14.3 Å². The van der Waals surface area contributed by atoms with Crippen molar-refractivity contribution in [3.05, 3.63) is 35.9 Å². The number of benzene rings is 1. The Morgan fingerprint density at radius 2 is 1.95 bits per heavy atom. The zero-order valence-electron chi connectivity index (χ0n) is 12.2. The van der Waals surface area contributed by atoms with Crippen molar-refractivity contribution in [1.29, 1.82) is 0 Å². The van der Waals surface area contributed by atoms with E-state index in [4.69, 9.17) is 9.47 Å².